The van der Waals surface area contributed by atoms with Gasteiger partial charge in [-0.1, -0.05) is 0 Å². The van der Waals surface area contributed by atoms with E-state index in [1.165, 1.54) is 11.3 Å². The number of aromatic nitrogens is 2. The number of nitrogens with zero attached hydrogens (tertiary/aromatic N) is 2. The van der Waals surface area contributed by atoms with Crippen LogP contribution in [0.3, 0.4) is 0 Å². The number of pyridine rings is 1. The lowest BCUT2D eigenvalue weighted by atomic mass is 10.2. The second kappa shape index (κ2) is 5.77. The molecule has 3 nitrogen and oxygen atoms in total. The quantitative estimate of drug-likeness (QED) is 0.780. The van der Waals surface area contributed by atoms with E-state index in [0.29, 0.717) is 5.01 Å². The SMILES string of the molecule is O=C(CCC(F)F)c1csc(-c2cccnc2)n1. The van der Waals surface area contributed by atoms with E-state index < -0.39 is 12.8 Å². The molecule has 0 radical (unpaired) electrons. The lowest BCUT2D eigenvalue weighted by Gasteiger charge is -1.96. The molecule has 0 unspecified atom stereocenters. The third kappa shape index (κ3) is 3.16. The fourth-order valence-corrected chi connectivity index (χ4v) is 2.21. The van der Waals surface area contributed by atoms with Crippen LogP contribution in [0.2, 0.25) is 0 Å². The Balaban J connectivity index is 2.09. The first-order valence-corrected chi connectivity index (χ1v) is 6.22. The van der Waals surface area contributed by atoms with Crippen molar-refractivity contribution in [3.63, 3.8) is 0 Å². The number of hydrogen-bond donors (Lipinski definition) is 0. The molecule has 0 atom stereocenters. The zero-order valence-electron chi connectivity index (χ0n) is 9.35. The molecule has 0 aliphatic rings. The van der Waals surface area contributed by atoms with E-state index >= 15 is 0 Å². The molecule has 94 valence electrons. The highest BCUT2D eigenvalue weighted by atomic mass is 32.1. The summed E-state index contributed by atoms with van der Waals surface area (Å²) in [5, 5.41) is 2.26. The number of carbonyl (C=O) groups is 1. The van der Waals surface area contributed by atoms with Crippen molar-refractivity contribution >= 4 is 17.1 Å². The van der Waals surface area contributed by atoms with Crippen molar-refractivity contribution in [2.45, 2.75) is 19.3 Å². The lowest BCUT2D eigenvalue weighted by molar-refractivity contribution is 0.0905. The molecule has 0 amide bonds. The van der Waals surface area contributed by atoms with Crippen LogP contribution in [0.4, 0.5) is 8.78 Å². The van der Waals surface area contributed by atoms with Crippen LogP contribution >= 0.6 is 11.3 Å². The molecule has 2 heterocycles. The van der Waals surface area contributed by atoms with Crippen molar-refractivity contribution in [3.05, 3.63) is 35.6 Å². The zero-order valence-corrected chi connectivity index (χ0v) is 10.2. The summed E-state index contributed by atoms with van der Waals surface area (Å²) in [4.78, 5) is 19.7. The van der Waals surface area contributed by atoms with Gasteiger partial charge in [0.25, 0.3) is 0 Å². The Bertz CT molecular complexity index is 528. The van der Waals surface area contributed by atoms with Crippen LogP contribution in [0.1, 0.15) is 23.3 Å². The second-order valence-corrected chi connectivity index (χ2v) is 4.49. The average Bonchev–Trinajstić information content (AvgIpc) is 2.86. The number of thiazole rings is 1. The van der Waals surface area contributed by atoms with Gasteiger partial charge in [0.1, 0.15) is 10.7 Å². The summed E-state index contributed by atoms with van der Waals surface area (Å²) in [6.07, 6.45) is 0.246. The predicted molar refractivity (Wildman–Crippen MR) is 64.9 cm³/mol. The van der Waals surface area contributed by atoms with Crippen LogP contribution in [0.5, 0.6) is 0 Å². The van der Waals surface area contributed by atoms with Crippen LogP contribution < -0.4 is 0 Å². The lowest BCUT2D eigenvalue weighted by Crippen LogP contribution is -2.02. The topological polar surface area (TPSA) is 42.9 Å². The molecule has 0 saturated heterocycles. The van der Waals surface area contributed by atoms with Crippen molar-refractivity contribution in [1.82, 2.24) is 9.97 Å². The van der Waals surface area contributed by atoms with Crippen LogP contribution in [0.15, 0.2) is 29.9 Å². The molecular formula is C12H10F2N2OS. The van der Waals surface area contributed by atoms with Gasteiger partial charge in [0, 0.05) is 36.2 Å². The number of carbonyl (C=O) groups excluding carboxylic acids is 1. The van der Waals surface area contributed by atoms with Crippen LogP contribution in [0.25, 0.3) is 10.6 Å². The van der Waals surface area contributed by atoms with Gasteiger partial charge in [-0.05, 0) is 12.1 Å². The Kier molecular flexibility index (Phi) is 4.09. The molecular weight excluding hydrogens is 258 g/mol. The van der Waals surface area contributed by atoms with Crippen molar-refractivity contribution < 1.29 is 13.6 Å². The molecule has 0 bridgehead atoms. The Morgan fingerprint density at radius 2 is 2.28 bits per heavy atom. The van der Waals surface area contributed by atoms with Gasteiger partial charge in [0.15, 0.2) is 5.78 Å². The largest absolute Gasteiger partial charge is 0.292 e. The van der Waals surface area contributed by atoms with E-state index in [4.69, 9.17) is 0 Å². The molecule has 0 fully saturated rings. The first-order valence-electron chi connectivity index (χ1n) is 5.34. The summed E-state index contributed by atoms with van der Waals surface area (Å²) in [5.41, 5.74) is 1.06. The van der Waals surface area contributed by atoms with Crippen molar-refractivity contribution in [2.24, 2.45) is 0 Å². The standard InChI is InChI=1S/C12H10F2N2OS/c13-11(14)4-3-10(17)9-7-18-12(16-9)8-2-1-5-15-6-8/h1-2,5-7,11H,3-4H2. The molecule has 0 N–H and O–H groups in total. The van der Waals surface area contributed by atoms with E-state index in [-0.39, 0.29) is 17.9 Å². The molecule has 0 aromatic carbocycles. The molecule has 0 aliphatic heterocycles. The first-order chi connectivity index (χ1) is 8.66. The number of halogens is 2. The second-order valence-electron chi connectivity index (χ2n) is 3.63. The summed E-state index contributed by atoms with van der Waals surface area (Å²) in [6, 6.07) is 3.61. The zero-order chi connectivity index (χ0) is 13.0. The molecule has 2 aromatic rings. The van der Waals surface area contributed by atoms with Gasteiger partial charge in [-0.2, -0.15) is 0 Å². The fourth-order valence-electron chi connectivity index (χ4n) is 1.39. The van der Waals surface area contributed by atoms with Gasteiger partial charge >= 0.3 is 0 Å². The van der Waals surface area contributed by atoms with E-state index in [0.717, 1.165) is 5.56 Å². The predicted octanol–water partition coefficient (Wildman–Crippen LogP) is 3.43. The van der Waals surface area contributed by atoms with Crippen LogP contribution in [-0.4, -0.2) is 22.2 Å². The Morgan fingerprint density at radius 1 is 1.44 bits per heavy atom. The normalized spacial score (nSPS) is 10.8. The highest BCUT2D eigenvalue weighted by molar-refractivity contribution is 7.13. The minimum Gasteiger partial charge on any atom is -0.292 e. The van der Waals surface area contributed by atoms with E-state index in [1.54, 1.807) is 23.8 Å². The molecule has 2 rings (SSSR count). The smallest absolute Gasteiger partial charge is 0.239 e. The Labute approximate surface area is 107 Å². The van der Waals surface area contributed by atoms with Crippen LogP contribution in [-0.2, 0) is 0 Å². The van der Waals surface area contributed by atoms with Crippen molar-refractivity contribution in [2.75, 3.05) is 0 Å². The molecule has 0 spiro atoms. The van der Waals surface area contributed by atoms with Gasteiger partial charge in [0.2, 0.25) is 6.43 Å². The van der Waals surface area contributed by atoms with Crippen LogP contribution in [0, 0.1) is 0 Å². The number of ketones is 1. The van der Waals surface area contributed by atoms with Gasteiger partial charge in [-0.15, -0.1) is 11.3 Å². The number of Topliss-reactive ketones (excluding diaryl/α,β-unsaturated/α-hetero) is 1. The summed E-state index contributed by atoms with van der Waals surface area (Å²) in [6.45, 7) is 0. The summed E-state index contributed by atoms with van der Waals surface area (Å²) >= 11 is 1.31. The molecule has 0 aliphatic carbocycles. The third-order valence-corrected chi connectivity index (χ3v) is 3.18. The van der Waals surface area contributed by atoms with E-state index in [1.807, 2.05) is 6.07 Å². The minimum absolute atomic E-state index is 0.173. The Morgan fingerprint density at radius 3 is 2.94 bits per heavy atom. The maximum atomic E-state index is 12.0. The van der Waals surface area contributed by atoms with Crippen molar-refractivity contribution in [1.29, 1.82) is 0 Å². The van der Waals surface area contributed by atoms with Gasteiger partial charge in [0.05, 0.1) is 0 Å². The number of rotatable bonds is 5. The summed E-state index contributed by atoms with van der Waals surface area (Å²) in [7, 11) is 0. The van der Waals surface area contributed by atoms with E-state index in [9.17, 15) is 13.6 Å². The minimum atomic E-state index is -2.45. The third-order valence-electron chi connectivity index (χ3n) is 2.29. The van der Waals surface area contributed by atoms with Crippen molar-refractivity contribution in [3.8, 4) is 10.6 Å². The number of alkyl halides is 2. The highest BCUT2D eigenvalue weighted by Crippen LogP contribution is 2.23. The molecule has 18 heavy (non-hydrogen) atoms. The summed E-state index contributed by atoms with van der Waals surface area (Å²) < 4.78 is 24.0. The monoisotopic (exact) mass is 268 g/mol. The van der Waals surface area contributed by atoms with Gasteiger partial charge in [-0.3, -0.25) is 9.78 Å². The molecule has 6 heteroatoms. The fraction of sp³-hybridized carbons (Fsp3) is 0.250. The van der Waals surface area contributed by atoms with Gasteiger partial charge in [-0.25, -0.2) is 13.8 Å². The summed E-state index contributed by atoms with van der Waals surface area (Å²) in [5.74, 6) is -0.346. The average molecular weight is 268 g/mol. The first kappa shape index (κ1) is 12.8. The number of hydrogen-bond acceptors (Lipinski definition) is 4. The molecule has 0 saturated carbocycles. The maximum Gasteiger partial charge on any atom is 0.239 e. The van der Waals surface area contributed by atoms with E-state index in [2.05, 4.69) is 9.97 Å². The maximum absolute atomic E-state index is 12.0. The highest BCUT2D eigenvalue weighted by Gasteiger charge is 2.14. The molecule has 2 aromatic heterocycles. The van der Waals surface area contributed by atoms with Gasteiger partial charge < -0.3 is 0 Å². The Hall–Kier alpha value is -1.69.